The molecular weight excluding hydrogens is 341 g/mol. The van der Waals surface area contributed by atoms with Crippen LogP contribution in [0.4, 0.5) is 0 Å². The summed E-state index contributed by atoms with van der Waals surface area (Å²) in [5, 5.41) is 3.20. The number of hydrogen-bond acceptors (Lipinski definition) is 4. The molecule has 4 nitrogen and oxygen atoms in total. The minimum absolute atomic E-state index is 0.511. The summed E-state index contributed by atoms with van der Waals surface area (Å²) in [6, 6.07) is 7.81. The molecule has 0 aliphatic rings. The number of aromatic nitrogens is 2. The Bertz CT molecular complexity index is 502. The van der Waals surface area contributed by atoms with E-state index >= 15 is 0 Å². The van der Waals surface area contributed by atoms with E-state index in [9.17, 15) is 0 Å². The SMILES string of the molecule is CCNCc1cnc(Oc2cccc(I)c2)cn1. The first-order valence-corrected chi connectivity index (χ1v) is 6.81. The first-order chi connectivity index (χ1) is 8.78. The Labute approximate surface area is 120 Å². The predicted molar refractivity (Wildman–Crippen MR) is 78.6 cm³/mol. The van der Waals surface area contributed by atoms with Crippen LogP contribution >= 0.6 is 22.6 Å². The zero-order valence-corrected chi connectivity index (χ0v) is 12.2. The van der Waals surface area contributed by atoms with Crippen molar-refractivity contribution in [1.29, 1.82) is 0 Å². The van der Waals surface area contributed by atoms with Crippen LogP contribution in [0.5, 0.6) is 11.6 Å². The predicted octanol–water partition coefficient (Wildman–Crippen LogP) is 2.98. The van der Waals surface area contributed by atoms with Crippen molar-refractivity contribution in [3.63, 3.8) is 0 Å². The van der Waals surface area contributed by atoms with E-state index in [1.165, 1.54) is 0 Å². The lowest BCUT2D eigenvalue weighted by Crippen LogP contribution is -2.13. The Morgan fingerprint density at radius 1 is 1.28 bits per heavy atom. The number of benzene rings is 1. The van der Waals surface area contributed by atoms with E-state index < -0.39 is 0 Å². The van der Waals surface area contributed by atoms with Crippen LogP contribution in [0.25, 0.3) is 0 Å². The molecule has 1 heterocycles. The van der Waals surface area contributed by atoms with Crippen LogP contribution in [-0.4, -0.2) is 16.5 Å². The highest BCUT2D eigenvalue weighted by Gasteiger charge is 2.00. The average molecular weight is 355 g/mol. The molecule has 5 heteroatoms. The van der Waals surface area contributed by atoms with Crippen molar-refractivity contribution in [3.05, 3.63) is 45.9 Å². The lowest BCUT2D eigenvalue weighted by molar-refractivity contribution is 0.458. The van der Waals surface area contributed by atoms with Crippen LogP contribution in [-0.2, 0) is 6.54 Å². The van der Waals surface area contributed by atoms with Gasteiger partial charge in [0.15, 0.2) is 0 Å². The van der Waals surface area contributed by atoms with Crippen LogP contribution in [0.15, 0.2) is 36.7 Å². The van der Waals surface area contributed by atoms with Gasteiger partial charge in [-0.2, -0.15) is 0 Å². The number of hydrogen-bond donors (Lipinski definition) is 1. The van der Waals surface area contributed by atoms with Gasteiger partial charge >= 0.3 is 0 Å². The molecule has 94 valence electrons. The maximum Gasteiger partial charge on any atom is 0.237 e. The Balaban J connectivity index is 2.02. The number of rotatable bonds is 5. The zero-order valence-electron chi connectivity index (χ0n) is 10.1. The van der Waals surface area contributed by atoms with Crippen molar-refractivity contribution >= 4 is 22.6 Å². The fourth-order valence-corrected chi connectivity index (χ4v) is 1.91. The van der Waals surface area contributed by atoms with Gasteiger partial charge in [0.05, 0.1) is 18.1 Å². The van der Waals surface area contributed by atoms with E-state index in [4.69, 9.17) is 4.74 Å². The van der Waals surface area contributed by atoms with Gasteiger partial charge in [0.2, 0.25) is 5.88 Å². The van der Waals surface area contributed by atoms with Crippen molar-refractivity contribution in [3.8, 4) is 11.6 Å². The molecule has 0 saturated carbocycles. The van der Waals surface area contributed by atoms with Gasteiger partial charge in [-0.15, -0.1) is 0 Å². The second-order valence-corrected chi connectivity index (χ2v) is 4.93. The molecule has 0 atom stereocenters. The third-order valence-corrected chi connectivity index (χ3v) is 2.93. The lowest BCUT2D eigenvalue weighted by atomic mass is 10.3. The molecule has 0 aliphatic carbocycles. The number of ether oxygens (including phenoxy) is 1. The molecule has 2 rings (SSSR count). The molecule has 1 aromatic heterocycles. The summed E-state index contributed by atoms with van der Waals surface area (Å²) < 4.78 is 6.75. The minimum atomic E-state index is 0.511. The molecule has 18 heavy (non-hydrogen) atoms. The van der Waals surface area contributed by atoms with Gasteiger partial charge in [0, 0.05) is 10.1 Å². The van der Waals surface area contributed by atoms with E-state index in [2.05, 4.69) is 44.8 Å². The Kier molecular flexibility index (Phi) is 4.89. The van der Waals surface area contributed by atoms with Gasteiger partial charge in [0.1, 0.15) is 5.75 Å². The molecule has 0 amide bonds. The smallest absolute Gasteiger partial charge is 0.237 e. The third-order valence-electron chi connectivity index (χ3n) is 2.26. The Hall–Kier alpha value is -1.21. The van der Waals surface area contributed by atoms with E-state index in [0.717, 1.165) is 28.1 Å². The number of nitrogens with zero attached hydrogens (tertiary/aromatic N) is 2. The molecule has 0 unspecified atom stereocenters. The fourth-order valence-electron chi connectivity index (χ4n) is 1.39. The summed E-state index contributed by atoms with van der Waals surface area (Å²) in [5.74, 6) is 1.29. The largest absolute Gasteiger partial charge is 0.437 e. The fraction of sp³-hybridized carbons (Fsp3) is 0.231. The van der Waals surface area contributed by atoms with Gasteiger partial charge in [-0.25, -0.2) is 4.98 Å². The van der Waals surface area contributed by atoms with Crippen LogP contribution < -0.4 is 10.1 Å². The van der Waals surface area contributed by atoms with Crippen LogP contribution in [0.2, 0.25) is 0 Å². The third kappa shape index (κ3) is 3.92. The molecular formula is C13H14IN3O. The van der Waals surface area contributed by atoms with Gasteiger partial charge in [-0.1, -0.05) is 13.0 Å². The summed E-state index contributed by atoms with van der Waals surface area (Å²) in [4.78, 5) is 8.51. The molecule has 0 saturated heterocycles. The summed E-state index contributed by atoms with van der Waals surface area (Å²) in [6.45, 7) is 3.71. The van der Waals surface area contributed by atoms with E-state index in [1.54, 1.807) is 12.4 Å². The number of nitrogens with one attached hydrogen (secondary N) is 1. The topological polar surface area (TPSA) is 47.0 Å². The molecule has 0 bridgehead atoms. The van der Waals surface area contributed by atoms with Crippen LogP contribution in [0.1, 0.15) is 12.6 Å². The summed E-state index contributed by atoms with van der Waals surface area (Å²) >= 11 is 2.24. The van der Waals surface area contributed by atoms with E-state index in [1.807, 2.05) is 24.3 Å². The van der Waals surface area contributed by atoms with Crippen molar-refractivity contribution < 1.29 is 4.74 Å². The normalized spacial score (nSPS) is 10.3. The standard InChI is InChI=1S/C13H14IN3O/c1-2-15-7-11-8-17-13(9-16-11)18-12-5-3-4-10(14)6-12/h3-6,8-9,15H,2,7H2,1H3. The first kappa shape index (κ1) is 13.2. The van der Waals surface area contributed by atoms with E-state index in [-0.39, 0.29) is 0 Å². The quantitative estimate of drug-likeness (QED) is 0.838. The molecule has 1 N–H and O–H groups in total. The molecule has 0 spiro atoms. The van der Waals surface area contributed by atoms with E-state index in [0.29, 0.717) is 5.88 Å². The average Bonchev–Trinajstić information content (AvgIpc) is 2.38. The molecule has 2 aromatic rings. The molecule has 0 radical (unpaired) electrons. The van der Waals surface area contributed by atoms with Crippen LogP contribution in [0.3, 0.4) is 0 Å². The monoisotopic (exact) mass is 355 g/mol. The summed E-state index contributed by atoms with van der Waals surface area (Å²) in [7, 11) is 0. The highest BCUT2D eigenvalue weighted by Crippen LogP contribution is 2.20. The Morgan fingerprint density at radius 2 is 2.17 bits per heavy atom. The van der Waals surface area contributed by atoms with Gasteiger partial charge < -0.3 is 10.1 Å². The zero-order chi connectivity index (χ0) is 12.8. The minimum Gasteiger partial charge on any atom is -0.437 e. The molecule has 0 fully saturated rings. The van der Waals surface area contributed by atoms with Gasteiger partial charge in [-0.05, 0) is 47.3 Å². The summed E-state index contributed by atoms with van der Waals surface area (Å²) in [6.07, 6.45) is 3.37. The maximum absolute atomic E-state index is 5.62. The second kappa shape index (κ2) is 6.65. The maximum atomic E-state index is 5.62. The second-order valence-electron chi connectivity index (χ2n) is 3.69. The molecule has 0 aliphatic heterocycles. The van der Waals surface area contributed by atoms with Crippen molar-refractivity contribution in [2.45, 2.75) is 13.5 Å². The van der Waals surface area contributed by atoms with Gasteiger partial charge in [-0.3, -0.25) is 4.98 Å². The Morgan fingerprint density at radius 3 is 2.83 bits per heavy atom. The van der Waals surface area contributed by atoms with Crippen molar-refractivity contribution in [1.82, 2.24) is 15.3 Å². The highest BCUT2D eigenvalue weighted by molar-refractivity contribution is 14.1. The lowest BCUT2D eigenvalue weighted by Gasteiger charge is -2.05. The van der Waals surface area contributed by atoms with Crippen LogP contribution in [0, 0.1) is 3.57 Å². The molecule has 1 aromatic carbocycles. The van der Waals surface area contributed by atoms with Gasteiger partial charge in [0.25, 0.3) is 0 Å². The highest BCUT2D eigenvalue weighted by atomic mass is 127. The van der Waals surface area contributed by atoms with Crippen molar-refractivity contribution in [2.75, 3.05) is 6.54 Å². The summed E-state index contributed by atoms with van der Waals surface area (Å²) in [5.41, 5.74) is 0.909. The first-order valence-electron chi connectivity index (χ1n) is 5.73. The van der Waals surface area contributed by atoms with Crippen molar-refractivity contribution in [2.24, 2.45) is 0 Å². The number of halogens is 1.